The van der Waals surface area contributed by atoms with Gasteiger partial charge in [0.1, 0.15) is 11.8 Å². The molecule has 0 unspecified atom stereocenters. The minimum atomic E-state index is -1.15. The Hall–Kier alpha value is -2.24. The van der Waals surface area contributed by atoms with Crippen molar-refractivity contribution in [1.29, 1.82) is 0 Å². The van der Waals surface area contributed by atoms with E-state index in [-0.39, 0.29) is 18.8 Å². The lowest BCUT2D eigenvalue weighted by molar-refractivity contribution is -0.139. The minimum absolute atomic E-state index is 0.0529. The van der Waals surface area contributed by atoms with Crippen LogP contribution in [0.25, 0.3) is 0 Å². The van der Waals surface area contributed by atoms with E-state index in [1.54, 1.807) is 12.1 Å². The summed E-state index contributed by atoms with van der Waals surface area (Å²) in [5.74, 6) is -1.10. The molecule has 0 aliphatic rings. The van der Waals surface area contributed by atoms with Crippen LogP contribution in [0.3, 0.4) is 0 Å². The summed E-state index contributed by atoms with van der Waals surface area (Å²) >= 11 is 0. The molecule has 20 heavy (non-hydrogen) atoms. The Kier molecular flexibility index (Phi) is 6.36. The summed E-state index contributed by atoms with van der Waals surface area (Å²) in [5, 5.41) is 20.7. The fourth-order valence-electron chi connectivity index (χ4n) is 1.61. The monoisotopic (exact) mass is 281 g/mol. The van der Waals surface area contributed by atoms with Crippen molar-refractivity contribution >= 4 is 12.1 Å². The van der Waals surface area contributed by atoms with Crippen LogP contribution in [0.1, 0.15) is 25.3 Å². The highest BCUT2D eigenvalue weighted by atomic mass is 16.5. The predicted octanol–water partition coefficient (Wildman–Crippen LogP) is 1.91. The maximum atomic E-state index is 11.4. The molecular weight excluding hydrogens is 262 g/mol. The van der Waals surface area contributed by atoms with Crippen molar-refractivity contribution < 1.29 is 24.5 Å². The molecule has 0 radical (unpaired) electrons. The number of carboxylic acid groups (broad SMARTS) is 1. The molecule has 0 bridgehead atoms. The van der Waals surface area contributed by atoms with Crippen LogP contribution in [0.2, 0.25) is 0 Å². The number of phenolic OH excluding ortho intramolecular Hbond substituents is 1. The Morgan fingerprint density at radius 3 is 2.75 bits per heavy atom. The first kappa shape index (κ1) is 15.8. The van der Waals surface area contributed by atoms with E-state index in [1.807, 2.05) is 6.92 Å². The molecule has 1 atom stereocenters. The average Bonchev–Trinajstić information content (AvgIpc) is 2.38. The van der Waals surface area contributed by atoms with Gasteiger partial charge in [-0.3, -0.25) is 0 Å². The number of benzene rings is 1. The summed E-state index contributed by atoms with van der Waals surface area (Å²) in [4.78, 5) is 22.6. The molecule has 1 aromatic rings. The number of aromatic hydroxyl groups is 1. The Bertz CT molecular complexity index is 461. The molecule has 110 valence electrons. The summed E-state index contributed by atoms with van der Waals surface area (Å²) < 4.78 is 4.86. The van der Waals surface area contributed by atoms with E-state index in [2.05, 4.69) is 5.32 Å². The molecule has 0 aromatic heterocycles. The second kappa shape index (κ2) is 8.04. The molecule has 0 saturated carbocycles. The standard InChI is InChI=1S/C14H19NO5/c1-2-3-7-20-14(19)15-12(13(17)18)9-10-5-4-6-11(16)8-10/h4-6,8,12,16H,2-3,7,9H2,1H3,(H,15,19)(H,17,18)/t12-/m1/s1. The van der Waals surface area contributed by atoms with Crippen LogP contribution in [0.4, 0.5) is 4.79 Å². The van der Waals surface area contributed by atoms with E-state index in [0.717, 1.165) is 12.8 Å². The lowest BCUT2D eigenvalue weighted by Crippen LogP contribution is -2.42. The van der Waals surface area contributed by atoms with E-state index in [4.69, 9.17) is 9.84 Å². The number of rotatable bonds is 7. The second-order valence-electron chi connectivity index (χ2n) is 4.40. The third kappa shape index (κ3) is 5.60. The Morgan fingerprint density at radius 2 is 2.15 bits per heavy atom. The molecule has 1 aromatic carbocycles. The SMILES string of the molecule is CCCCOC(=O)N[C@H](Cc1cccc(O)c1)C(=O)O. The van der Waals surface area contributed by atoms with Gasteiger partial charge in [0, 0.05) is 6.42 Å². The summed E-state index contributed by atoms with van der Waals surface area (Å²) in [7, 11) is 0. The number of hydrogen-bond donors (Lipinski definition) is 3. The number of carbonyl (C=O) groups is 2. The fourth-order valence-corrected chi connectivity index (χ4v) is 1.61. The maximum absolute atomic E-state index is 11.4. The Labute approximate surface area is 117 Å². The van der Waals surface area contributed by atoms with Gasteiger partial charge in [0.2, 0.25) is 0 Å². The third-order valence-corrected chi connectivity index (χ3v) is 2.67. The number of nitrogens with one attached hydrogen (secondary N) is 1. The van der Waals surface area contributed by atoms with Crippen LogP contribution < -0.4 is 5.32 Å². The molecule has 0 heterocycles. The van der Waals surface area contributed by atoms with Crippen molar-refractivity contribution in [3.8, 4) is 5.75 Å². The van der Waals surface area contributed by atoms with Gasteiger partial charge in [-0.1, -0.05) is 25.5 Å². The molecule has 1 amide bonds. The van der Waals surface area contributed by atoms with Crippen molar-refractivity contribution in [1.82, 2.24) is 5.32 Å². The number of amides is 1. The van der Waals surface area contributed by atoms with Crippen molar-refractivity contribution in [3.63, 3.8) is 0 Å². The lowest BCUT2D eigenvalue weighted by Gasteiger charge is -2.14. The molecular formula is C14H19NO5. The number of phenols is 1. The highest BCUT2D eigenvalue weighted by molar-refractivity contribution is 5.80. The van der Waals surface area contributed by atoms with Gasteiger partial charge < -0.3 is 20.3 Å². The second-order valence-corrected chi connectivity index (χ2v) is 4.40. The van der Waals surface area contributed by atoms with Gasteiger partial charge in [-0.15, -0.1) is 0 Å². The number of aliphatic carboxylic acids is 1. The molecule has 0 aliphatic heterocycles. The number of unbranched alkanes of at least 4 members (excludes halogenated alkanes) is 1. The fraction of sp³-hybridized carbons (Fsp3) is 0.429. The Balaban J connectivity index is 2.56. The van der Waals surface area contributed by atoms with E-state index in [9.17, 15) is 14.7 Å². The van der Waals surface area contributed by atoms with Crippen LogP contribution in [-0.4, -0.2) is 34.9 Å². The maximum Gasteiger partial charge on any atom is 0.407 e. The molecule has 0 aliphatic carbocycles. The first-order valence-corrected chi connectivity index (χ1v) is 6.47. The van der Waals surface area contributed by atoms with Gasteiger partial charge in [-0.05, 0) is 24.1 Å². The van der Waals surface area contributed by atoms with E-state index in [1.165, 1.54) is 12.1 Å². The largest absolute Gasteiger partial charge is 0.508 e. The predicted molar refractivity (Wildman–Crippen MR) is 72.6 cm³/mol. The zero-order chi connectivity index (χ0) is 15.0. The van der Waals surface area contributed by atoms with Gasteiger partial charge in [-0.25, -0.2) is 9.59 Å². The summed E-state index contributed by atoms with van der Waals surface area (Å²) in [6.07, 6.45) is 0.953. The van der Waals surface area contributed by atoms with Gasteiger partial charge in [0.25, 0.3) is 0 Å². The zero-order valence-corrected chi connectivity index (χ0v) is 11.3. The molecule has 6 heteroatoms. The molecule has 0 saturated heterocycles. The van der Waals surface area contributed by atoms with Crippen LogP contribution in [0.15, 0.2) is 24.3 Å². The number of hydrogen-bond acceptors (Lipinski definition) is 4. The quantitative estimate of drug-likeness (QED) is 0.663. The van der Waals surface area contributed by atoms with Crippen LogP contribution in [-0.2, 0) is 16.0 Å². The number of carboxylic acids is 1. The molecule has 0 fully saturated rings. The topological polar surface area (TPSA) is 95.9 Å². The zero-order valence-electron chi connectivity index (χ0n) is 11.3. The van der Waals surface area contributed by atoms with Gasteiger partial charge in [-0.2, -0.15) is 0 Å². The first-order valence-electron chi connectivity index (χ1n) is 6.47. The number of ether oxygens (including phenoxy) is 1. The van der Waals surface area contributed by atoms with E-state index >= 15 is 0 Å². The van der Waals surface area contributed by atoms with Crippen LogP contribution in [0, 0.1) is 0 Å². The normalized spacial score (nSPS) is 11.7. The summed E-state index contributed by atoms with van der Waals surface area (Å²) in [5.41, 5.74) is 0.617. The number of alkyl carbamates (subject to hydrolysis) is 1. The highest BCUT2D eigenvalue weighted by Gasteiger charge is 2.21. The van der Waals surface area contributed by atoms with Gasteiger partial charge >= 0.3 is 12.1 Å². The summed E-state index contributed by atoms with van der Waals surface area (Å²) in [6, 6.07) is 5.15. The molecule has 1 rings (SSSR count). The summed E-state index contributed by atoms with van der Waals surface area (Å²) in [6.45, 7) is 2.23. The van der Waals surface area contributed by atoms with Crippen molar-refractivity contribution in [3.05, 3.63) is 29.8 Å². The molecule has 3 N–H and O–H groups in total. The lowest BCUT2D eigenvalue weighted by atomic mass is 10.1. The van der Waals surface area contributed by atoms with Gasteiger partial charge in [0.15, 0.2) is 0 Å². The number of carbonyl (C=O) groups excluding carboxylic acids is 1. The smallest absolute Gasteiger partial charge is 0.407 e. The molecule has 0 spiro atoms. The highest BCUT2D eigenvalue weighted by Crippen LogP contribution is 2.12. The minimum Gasteiger partial charge on any atom is -0.508 e. The third-order valence-electron chi connectivity index (χ3n) is 2.67. The molecule has 6 nitrogen and oxygen atoms in total. The first-order chi connectivity index (χ1) is 9.52. The van der Waals surface area contributed by atoms with Crippen molar-refractivity contribution in [2.45, 2.75) is 32.2 Å². The van der Waals surface area contributed by atoms with E-state index in [0.29, 0.717) is 5.56 Å². The Morgan fingerprint density at radius 1 is 1.40 bits per heavy atom. The van der Waals surface area contributed by atoms with Crippen molar-refractivity contribution in [2.24, 2.45) is 0 Å². The average molecular weight is 281 g/mol. The van der Waals surface area contributed by atoms with Crippen LogP contribution >= 0.6 is 0 Å². The van der Waals surface area contributed by atoms with E-state index < -0.39 is 18.1 Å². The van der Waals surface area contributed by atoms with Crippen LogP contribution in [0.5, 0.6) is 5.75 Å². The van der Waals surface area contributed by atoms with Crippen molar-refractivity contribution in [2.75, 3.05) is 6.61 Å². The van der Waals surface area contributed by atoms with Gasteiger partial charge in [0.05, 0.1) is 6.61 Å².